The van der Waals surface area contributed by atoms with Crippen LogP contribution < -0.4 is 0 Å². The Morgan fingerprint density at radius 3 is 2.95 bits per heavy atom. The molecule has 0 radical (unpaired) electrons. The number of nitrogens with one attached hydrogen (secondary N) is 1. The fourth-order valence-corrected chi connectivity index (χ4v) is 3.16. The topological polar surface area (TPSA) is 49.0 Å². The molecule has 0 unspecified atom stereocenters. The minimum Gasteiger partial charge on any atom is -0.347 e. The van der Waals surface area contributed by atoms with Gasteiger partial charge in [-0.2, -0.15) is 0 Å². The van der Waals surface area contributed by atoms with Crippen LogP contribution in [0.5, 0.6) is 0 Å². The Balaban J connectivity index is 1.90. The third-order valence-corrected chi connectivity index (χ3v) is 4.39. The Morgan fingerprint density at radius 1 is 1.35 bits per heavy atom. The SMILES string of the molecule is O=C(c1ccccc1Br)N1CCCC[C@@H]1c1ncc[nH]1. The number of H-pyrrole nitrogens is 1. The van der Waals surface area contributed by atoms with Gasteiger partial charge in [0, 0.05) is 23.4 Å². The predicted molar refractivity (Wildman–Crippen MR) is 80.4 cm³/mol. The minimum atomic E-state index is 0.0540. The number of piperidine rings is 1. The first kappa shape index (κ1) is 13.4. The van der Waals surface area contributed by atoms with Gasteiger partial charge >= 0.3 is 0 Å². The van der Waals surface area contributed by atoms with Crippen molar-refractivity contribution in [2.45, 2.75) is 25.3 Å². The minimum absolute atomic E-state index is 0.0540. The van der Waals surface area contributed by atoms with Gasteiger partial charge in [0.15, 0.2) is 0 Å². The van der Waals surface area contributed by atoms with E-state index in [-0.39, 0.29) is 11.9 Å². The molecule has 1 aliphatic rings. The molecule has 3 rings (SSSR count). The molecule has 1 N–H and O–H groups in total. The molecule has 0 aliphatic carbocycles. The second-order valence-electron chi connectivity index (χ2n) is 4.96. The van der Waals surface area contributed by atoms with E-state index in [4.69, 9.17) is 0 Å². The molecule has 1 fully saturated rings. The van der Waals surface area contributed by atoms with Gasteiger partial charge in [-0.15, -0.1) is 0 Å². The molecule has 104 valence electrons. The van der Waals surface area contributed by atoms with E-state index in [1.807, 2.05) is 35.4 Å². The number of aromatic amines is 1. The monoisotopic (exact) mass is 333 g/mol. The van der Waals surface area contributed by atoms with Gasteiger partial charge in [0.05, 0.1) is 11.6 Å². The lowest BCUT2D eigenvalue weighted by Crippen LogP contribution is -2.39. The van der Waals surface area contributed by atoms with E-state index < -0.39 is 0 Å². The number of carbonyl (C=O) groups excluding carboxylic acids is 1. The van der Waals surface area contributed by atoms with Crippen molar-refractivity contribution in [1.82, 2.24) is 14.9 Å². The van der Waals surface area contributed by atoms with Crippen LogP contribution in [0.2, 0.25) is 0 Å². The zero-order chi connectivity index (χ0) is 13.9. The maximum absolute atomic E-state index is 12.8. The summed E-state index contributed by atoms with van der Waals surface area (Å²) in [5.74, 6) is 0.948. The first-order valence-electron chi connectivity index (χ1n) is 6.82. The number of nitrogens with zero attached hydrogens (tertiary/aromatic N) is 2. The Labute approximate surface area is 126 Å². The van der Waals surface area contributed by atoms with Gasteiger partial charge in [0.2, 0.25) is 0 Å². The van der Waals surface area contributed by atoms with Gasteiger partial charge in [-0.05, 0) is 47.3 Å². The predicted octanol–water partition coefficient (Wildman–Crippen LogP) is 3.54. The fraction of sp³-hybridized carbons (Fsp3) is 0.333. The molecule has 1 aromatic heterocycles. The summed E-state index contributed by atoms with van der Waals surface area (Å²) in [6.45, 7) is 0.783. The van der Waals surface area contributed by atoms with Crippen LogP contribution in [0, 0.1) is 0 Å². The lowest BCUT2D eigenvalue weighted by molar-refractivity contribution is 0.0600. The zero-order valence-electron chi connectivity index (χ0n) is 11.1. The second kappa shape index (κ2) is 5.79. The molecule has 1 aliphatic heterocycles. The van der Waals surface area contributed by atoms with E-state index in [0.29, 0.717) is 5.56 Å². The van der Waals surface area contributed by atoms with E-state index in [1.165, 1.54) is 0 Å². The summed E-state index contributed by atoms with van der Waals surface area (Å²) in [5.41, 5.74) is 0.714. The molecule has 1 aromatic carbocycles. The Morgan fingerprint density at radius 2 is 2.20 bits per heavy atom. The largest absolute Gasteiger partial charge is 0.347 e. The molecule has 4 nitrogen and oxygen atoms in total. The highest BCUT2D eigenvalue weighted by molar-refractivity contribution is 9.10. The van der Waals surface area contributed by atoms with Gasteiger partial charge in [-0.1, -0.05) is 12.1 Å². The zero-order valence-corrected chi connectivity index (χ0v) is 12.6. The first-order chi connectivity index (χ1) is 9.77. The number of aromatic nitrogens is 2. The van der Waals surface area contributed by atoms with Crippen molar-refractivity contribution >= 4 is 21.8 Å². The third kappa shape index (κ3) is 2.50. The molecule has 0 spiro atoms. The highest BCUT2D eigenvalue weighted by Gasteiger charge is 2.30. The fourth-order valence-electron chi connectivity index (χ4n) is 2.71. The highest BCUT2D eigenvalue weighted by Crippen LogP contribution is 2.31. The van der Waals surface area contributed by atoms with Gasteiger partial charge < -0.3 is 9.88 Å². The molecule has 1 saturated heterocycles. The van der Waals surface area contributed by atoms with Crippen LogP contribution in [0.15, 0.2) is 41.1 Å². The Bertz CT molecular complexity index is 597. The molecule has 1 amide bonds. The van der Waals surface area contributed by atoms with Crippen molar-refractivity contribution in [2.75, 3.05) is 6.54 Å². The molecular weight excluding hydrogens is 318 g/mol. The van der Waals surface area contributed by atoms with Crippen LogP contribution in [0.25, 0.3) is 0 Å². The molecule has 2 heterocycles. The van der Waals surface area contributed by atoms with Crippen molar-refractivity contribution in [3.63, 3.8) is 0 Å². The van der Waals surface area contributed by atoms with E-state index >= 15 is 0 Å². The number of rotatable bonds is 2. The number of amides is 1. The lowest BCUT2D eigenvalue weighted by atomic mass is 10.00. The van der Waals surface area contributed by atoms with Gasteiger partial charge in [-0.3, -0.25) is 4.79 Å². The summed E-state index contributed by atoms with van der Waals surface area (Å²) in [7, 11) is 0. The average molecular weight is 334 g/mol. The molecular formula is C15H16BrN3O. The Hall–Kier alpha value is -1.62. The van der Waals surface area contributed by atoms with Crippen LogP contribution in [0.4, 0.5) is 0 Å². The highest BCUT2D eigenvalue weighted by atomic mass is 79.9. The van der Waals surface area contributed by atoms with Gasteiger partial charge in [0.1, 0.15) is 5.82 Å². The normalized spacial score (nSPS) is 19.1. The van der Waals surface area contributed by atoms with Crippen molar-refractivity contribution in [2.24, 2.45) is 0 Å². The number of carbonyl (C=O) groups is 1. The summed E-state index contributed by atoms with van der Waals surface area (Å²) < 4.78 is 0.841. The maximum Gasteiger partial charge on any atom is 0.255 e. The number of benzene rings is 1. The lowest BCUT2D eigenvalue weighted by Gasteiger charge is -2.34. The van der Waals surface area contributed by atoms with Crippen LogP contribution >= 0.6 is 15.9 Å². The van der Waals surface area contributed by atoms with Crippen LogP contribution in [-0.4, -0.2) is 27.3 Å². The smallest absolute Gasteiger partial charge is 0.255 e. The molecule has 20 heavy (non-hydrogen) atoms. The molecule has 1 atom stereocenters. The number of imidazole rings is 1. The van der Waals surface area contributed by atoms with Crippen molar-refractivity contribution < 1.29 is 4.79 Å². The van der Waals surface area contributed by atoms with E-state index in [1.54, 1.807) is 6.20 Å². The number of likely N-dealkylation sites (tertiary alicyclic amines) is 1. The van der Waals surface area contributed by atoms with E-state index in [2.05, 4.69) is 25.9 Å². The Kier molecular flexibility index (Phi) is 3.87. The van der Waals surface area contributed by atoms with Gasteiger partial charge in [0.25, 0.3) is 5.91 Å². The quantitative estimate of drug-likeness (QED) is 0.913. The molecule has 5 heteroatoms. The standard InChI is InChI=1S/C15H16BrN3O/c16-12-6-2-1-5-11(12)15(20)19-10-4-3-7-13(19)14-17-8-9-18-14/h1-2,5-6,8-9,13H,3-4,7,10H2,(H,17,18)/t13-/m1/s1. The first-order valence-corrected chi connectivity index (χ1v) is 7.61. The van der Waals surface area contributed by atoms with E-state index in [0.717, 1.165) is 36.1 Å². The van der Waals surface area contributed by atoms with Crippen molar-refractivity contribution in [3.05, 3.63) is 52.5 Å². The molecule has 0 saturated carbocycles. The van der Waals surface area contributed by atoms with Crippen molar-refractivity contribution in [3.8, 4) is 0 Å². The summed E-state index contributed by atoms with van der Waals surface area (Å²) >= 11 is 3.46. The maximum atomic E-state index is 12.8. The average Bonchev–Trinajstić information content (AvgIpc) is 3.01. The third-order valence-electron chi connectivity index (χ3n) is 3.70. The van der Waals surface area contributed by atoms with Crippen LogP contribution in [0.3, 0.4) is 0 Å². The number of hydrogen-bond acceptors (Lipinski definition) is 2. The summed E-state index contributed by atoms with van der Waals surface area (Å²) in [6, 6.07) is 7.63. The molecule has 2 aromatic rings. The van der Waals surface area contributed by atoms with Crippen LogP contribution in [0.1, 0.15) is 41.5 Å². The van der Waals surface area contributed by atoms with Gasteiger partial charge in [-0.25, -0.2) is 4.98 Å². The summed E-state index contributed by atoms with van der Waals surface area (Å²) in [6.07, 6.45) is 6.69. The summed E-state index contributed by atoms with van der Waals surface area (Å²) in [4.78, 5) is 22.2. The number of hydrogen-bond donors (Lipinski definition) is 1. The van der Waals surface area contributed by atoms with Crippen molar-refractivity contribution in [1.29, 1.82) is 0 Å². The summed E-state index contributed by atoms with van der Waals surface area (Å²) in [5, 5.41) is 0. The molecule has 0 bridgehead atoms. The van der Waals surface area contributed by atoms with E-state index in [9.17, 15) is 4.79 Å². The van der Waals surface area contributed by atoms with Crippen LogP contribution in [-0.2, 0) is 0 Å². The number of halogens is 1. The second-order valence-corrected chi connectivity index (χ2v) is 5.82.